The third-order valence-corrected chi connectivity index (χ3v) is 3.97. The Morgan fingerprint density at radius 1 is 1.65 bits per heavy atom. The molecule has 0 N–H and O–H groups in total. The molecular formula is C11H17IN4O. The van der Waals surface area contributed by atoms with Gasteiger partial charge in [-0.05, 0) is 29.0 Å². The van der Waals surface area contributed by atoms with E-state index in [1.165, 1.54) is 0 Å². The first-order valence-electron chi connectivity index (χ1n) is 5.98. The van der Waals surface area contributed by atoms with Crippen molar-refractivity contribution >= 4 is 28.5 Å². The summed E-state index contributed by atoms with van der Waals surface area (Å²) in [7, 11) is 0. The van der Waals surface area contributed by atoms with E-state index in [2.05, 4.69) is 39.8 Å². The molecule has 0 radical (unpaired) electrons. The second-order valence-corrected chi connectivity index (χ2v) is 5.69. The van der Waals surface area contributed by atoms with E-state index < -0.39 is 0 Å². The summed E-state index contributed by atoms with van der Waals surface area (Å²) < 4.78 is 2.93. The van der Waals surface area contributed by atoms with Crippen LogP contribution in [0.4, 0.5) is 0 Å². The van der Waals surface area contributed by atoms with E-state index >= 15 is 0 Å². The highest BCUT2D eigenvalue weighted by atomic mass is 127. The lowest BCUT2D eigenvalue weighted by molar-refractivity contribution is -0.141. The predicted octanol–water partition coefficient (Wildman–Crippen LogP) is 1.70. The van der Waals surface area contributed by atoms with Gasteiger partial charge in [0.2, 0.25) is 5.91 Å². The Labute approximate surface area is 115 Å². The Balaban J connectivity index is 1.87. The first-order chi connectivity index (χ1) is 8.13. The summed E-state index contributed by atoms with van der Waals surface area (Å²) in [5.41, 5.74) is 0. The van der Waals surface area contributed by atoms with Gasteiger partial charge >= 0.3 is 0 Å². The van der Waals surface area contributed by atoms with Crippen LogP contribution in [0.15, 0.2) is 6.20 Å². The van der Waals surface area contributed by atoms with Crippen molar-refractivity contribution in [2.45, 2.75) is 32.7 Å². The van der Waals surface area contributed by atoms with Crippen LogP contribution in [0.1, 0.15) is 32.7 Å². The van der Waals surface area contributed by atoms with Gasteiger partial charge in [-0.15, -0.1) is 5.10 Å². The molecule has 6 heteroatoms. The second kappa shape index (κ2) is 5.32. The molecule has 1 saturated heterocycles. The quantitative estimate of drug-likeness (QED) is 0.779. The van der Waals surface area contributed by atoms with E-state index in [-0.39, 0.29) is 11.8 Å². The van der Waals surface area contributed by atoms with E-state index in [0.717, 1.165) is 29.6 Å². The Morgan fingerprint density at radius 3 is 2.88 bits per heavy atom. The Morgan fingerprint density at radius 2 is 2.35 bits per heavy atom. The Kier molecular flexibility index (Phi) is 4.01. The van der Waals surface area contributed by atoms with Crippen molar-refractivity contribution in [1.29, 1.82) is 0 Å². The predicted molar refractivity (Wildman–Crippen MR) is 72.4 cm³/mol. The lowest BCUT2D eigenvalue weighted by atomic mass is 10.0. The fourth-order valence-corrected chi connectivity index (χ4v) is 2.75. The molecule has 1 atom stereocenters. The molecule has 1 aromatic rings. The average molecular weight is 348 g/mol. The van der Waals surface area contributed by atoms with Gasteiger partial charge in [-0.1, -0.05) is 25.5 Å². The zero-order valence-electron chi connectivity index (χ0n) is 10.1. The number of nitrogens with zero attached hydrogens (tertiary/aromatic N) is 4. The van der Waals surface area contributed by atoms with E-state index in [1.807, 2.05) is 16.5 Å². The van der Waals surface area contributed by atoms with E-state index in [1.54, 1.807) is 6.20 Å². The Hall–Kier alpha value is -0.660. The third kappa shape index (κ3) is 2.61. The van der Waals surface area contributed by atoms with Crippen LogP contribution in [0.2, 0.25) is 0 Å². The molecule has 17 heavy (non-hydrogen) atoms. The summed E-state index contributed by atoms with van der Waals surface area (Å²) in [5, 5.41) is 7.90. The number of likely N-dealkylation sites (tertiary alicyclic amines) is 1. The maximum absolute atomic E-state index is 12.0. The zero-order valence-corrected chi connectivity index (χ0v) is 12.3. The Bertz CT molecular complexity index is 400. The fourth-order valence-electron chi connectivity index (χ4n) is 2.14. The van der Waals surface area contributed by atoms with Crippen molar-refractivity contribution in [2.24, 2.45) is 5.92 Å². The van der Waals surface area contributed by atoms with E-state index in [0.29, 0.717) is 6.04 Å². The highest BCUT2D eigenvalue weighted by Crippen LogP contribution is 2.24. The molecule has 2 heterocycles. The van der Waals surface area contributed by atoms with Crippen LogP contribution in [0, 0.1) is 9.62 Å². The van der Waals surface area contributed by atoms with Crippen molar-refractivity contribution < 1.29 is 4.79 Å². The molecule has 0 aliphatic carbocycles. The maximum atomic E-state index is 12.0. The molecule has 1 aromatic heterocycles. The van der Waals surface area contributed by atoms with Crippen molar-refractivity contribution in [3.63, 3.8) is 0 Å². The number of halogens is 1. The van der Waals surface area contributed by atoms with Gasteiger partial charge in [0.1, 0.15) is 3.70 Å². The molecule has 94 valence electrons. The monoisotopic (exact) mass is 348 g/mol. The number of hydrogen-bond acceptors (Lipinski definition) is 3. The zero-order chi connectivity index (χ0) is 12.4. The van der Waals surface area contributed by atoms with Crippen LogP contribution in [0.3, 0.4) is 0 Å². The first kappa shape index (κ1) is 12.8. The van der Waals surface area contributed by atoms with Crippen LogP contribution in [0.5, 0.6) is 0 Å². The summed E-state index contributed by atoms with van der Waals surface area (Å²) in [4.78, 5) is 13.9. The standard InChI is InChI=1S/C11H17IN4O/c1-3-4-8(2)11(17)15-6-9(7-15)16-10(12)5-13-14-16/h5,8-9H,3-4,6-7H2,1-2H3. The van der Waals surface area contributed by atoms with Crippen LogP contribution in [-0.4, -0.2) is 38.9 Å². The molecule has 1 fully saturated rings. The van der Waals surface area contributed by atoms with E-state index in [4.69, 9.17) is 0 Å². The third-order valence-electron chi connectivity index (χ3n) is 3.19. The summed E-state index contributed by atoms with van der Waals surface area (Å²) in [6.45, 7) is 5.66. The van der Waals surface area contributed by atoms with Gasteiger partial charge in [0, 0.05) is 19.0 Å². The van der Waals surface area contributed by atoms with Crippen LogP contribution >= 0.6 is 22.6 Å². The molecule has 1 amide bonds. The van der Waals surface area contributed by atoms with Gasteiger partial charge in [0.05, 0.1) is 12.2 Å². The van der Waals surface area contributed by atoms with Crippen LogP contribution in [-0.2, 0) is 4.79 Å². The maximum Gasteiger partial charge on any atom is 0.225 e. The molecule has 1 unspecified atom stereocenters. The number of amides is 1. The van der Waals surface area contributed by atoms with E-state index in [9.17, 15) is 4.79 Å². The number of hydrogen-bond donors (Lipinski definition) is 0. The van der Waals surface area contributed by atoms with Crippen molar-refractivity contribution in [3.8, 4) is 0 Å². The highest BCUT2D eigenvalue weighted by molar-refractivity contribution is 14.1. The van der Waals surface area contributed by atoms with Crippen LogP contribution < -0.4 is 0 Å². The highest BCUT2D eigenvalue weighted by Gasteiger charge is 2.34. The molecule has 5 nitrogen and oxygen atoms in total. The average Bonchev–Trinajstić information content (AvgIpc) is 2.63. The number of aromatic nitrogens is 3. The van der Waals surface area contributed by atoms with Gasteiger partial charge in [0.15, 0.2) is 0 Å². The van der Waals surface area contributed by atoms with Gasteiger partial charge in [-0.25, -0.2) is 4.68 Å². The van der Waals surface area contributed by atoms with Gasteiger partial charge in [-0.3, -0.25) is 4.79 Å². The molecule has 1 aliphatic heterocycles. The normalized spacial score (nSPS) is 17.9. The minimum absolute atomic E-state index is 0.149. The largest absolute Gasteiger partial charge is 0.338 e. The first-order valence-corrected chi connectivity index (χ1v) is 7.05. The molecule has 0 bridgehead atoms. The fraction of sp³-hybridized carbons (Fsp3) is 0.727. The summed E-state index contributed by atoms with van der Waals surface area (Å²) in [6, 6.07) is 0.308. The van der Waals surface area contributed by atoms with Gasteiger partial charge in [-0.2, -0.15) is 0 Å². The smallest absolute Gasteiger partial charge is 0.225 e. The summed E-state index contributed by atoms with van der Waals surface area (Å²) >= 11 is 2.21. The van der Waals surface area contributed by atoms with Crippen LogP contribution in [0.25, 0.3) is 0 Å². The topological polar surface area (TPSA) is 51.0 Å². The lowest BCUT2D eigenvalue weighted by Crippen LogP contribution is -2.52. The molecular weight excluding hydrogens is 331 g/mol. The molecule has 0 aromatic carbocycles. The SMILES string of the molecule is CCCC(C)C(=O)N1CC(n2nncc2I)C1. The van der Waals surface area contributed by atoms with Gasteiger partial charge < -0.3 is 4.90 Å². The molecule has 0 spiro atoms. The molecule has 2 rings (SSSR count). The van der Waals surface area contributed by atoms with Crippen molar-refractivity contribution in [3.05, 3.63) is 9.90 Å². The summed E-state index contributed by atoms with van der Waals surface area (Å²) in [6.07, 6.45) is 3.77. The second-order valence-electron chi connectivity index (χ2n) is 4.59. The number of rotatable bonds is 4. The summed E-state index contributed by atoms with van der Waals surface area (Å²) in [5.74, 6) is 0.425. The van der Waals surface area contributed by atoms with Gasteiger partial charge in [0.25, 0.3) is 0 Å². The van der Waals surface area contributed by atoms with Crippen molar-refractivity contribution in [2.75, 3.05) is 13.1 Å². The van der Waals surface area contributed by atoms with Crippen molar-refractivity contribution in [1.82, 2.24) is 19.9 Å². The minimum atomic E-state index is 0.149. The number of carbonyl (C=O) groups excluding carboxylic acids is 1. The minimum Gasteiger partial charge on any atom is -0.338 e. The lowest BCUT2D eigenvalue weighted by Gasteiger charge is -2.40. The molecule has 0 saturated carbocycles. The molecule has 1 aliphatic rings. The number of carbonyl (C=O) groups is 1.